The smallest absolute Gasteiger partial charge is 0.305 e. The molecule has 0 aromatic heterocycles. The van der Waals surface area contributed by atoms with Crippen molar-refractivity contribution >= 4 is 34.9 Å². The van der Waals surface area contributed by atoms with Gasteiger partial charge in [0.2, 0.25) is 5.82 Å². The second-order valence-electron chi connectivity index (χ2n) is 4.87. The topological polar surface area (TPSA) is 70.8 Å². The van der Waals surface area contributed by atoms with Crippen molar-refractivity contribution in [3.63, 3.8) is 0 Å². The lowest BCUT2D eigenvalue weighted by atomic mass is 10.1. The first kappa shape index (κ1) is 18.0. The number of anilines is 1. The maximum absolute atomic E-state index is 14.4. The van der Waals surface area contributed by atoms with Crippen LogP contribution in [0, 0.1) is 15.9 Å². The monoisotopic (exact) mass is 326 g/mol. The summed E-state index contributed by atoms with van der Waals surface area (Å²) in [6, 6.07) is 2.59. The molecule has 1 rings (SSSR count). The number of unbranched alkanes of at least 4 members (excludes halogenated alkanes) is 1. The summed E-state index contributed by atoms with van der Waals surface area (Å²) < 4.78 is 14.4. The molecule has 0 unspecified atom stereocenters. The van der Waals surface area contributed by atoms with Crippen molar-refractivity contribution in [2.24, 2.45) is 4.99 Å². The highest BCUT2D eigenvalue weighted by molar-refractivity contribution is 7.80. The Hall–Kier alpha value is -2.09. The molecule has 0 saturated heterocycles. The number of hydrogen-bond acceptors (Lipinski definition) is 4. The lowest BCUT2D eigenvalue weighted by Gasteiger charge is -2.12. The third kappa shape index (κ3) is 4.73. The zero-order valence-electron chi connectivity index (χ0n) is 12.8. The summed E-state index contributed by atoms with van der Waals surface area (Å²) in [5.74, 6) is -0.965. The molecular weight excluding hydrogens is 307 g/mol. The Bertz CT molecular complexity index is 590. The van der Waals surface area contributed by atoms with Crippen molar-refractivity contribution < 1.29 is 9.31 Å². The summed E-state index contributed by atoms with van der Waals surface area (Å²) in [5, 5.41) is 13.9. The molecule has 1 N–H and O–H groups in total. The fourth-order valence-electron chi connectivity index (χ4n) is 1.69. The predicted molar refractivity (Wildman–Crippen MR) is 90.3 cm³/mol. The van der Waals surface area contributed by atoms with Crippen LogP contribution in [0.25, 0.3) is 0 Å². The molecule has 0 aliphatic carbocycles. The lowest BCUT2D eigenvalue weighted by molar-refractivity contribution is -0.387. The molecule has 8 heteroatoms. The van der Waals surface area contributed by atoms with Crippen LogP contribution in [-0.2, 0) is 0 Å². The first-order valence-electron chi connectivity index (χ1n) is 6.84. The lowest BCUT2D eigenvalue weighted by Crippen LogP contribution is -2.13. The molecule has 1 aromatic carbocycles. The van der Waals surface area contributed by atoms with Gasteiger partial charge in [0.1, 0.15) is 4.99 Å². The van der Waals surface area contributed by atoms with Crippen LogP contribution in [-0.4, -0.2) is 41.8 Å². The first-order chi connectivity index (χ1) is 10.4. The number of thiocarbonyl (C=S) groups is 1. The number of nitrogens with one attached hydrogen (secondary N) is 1. The summed E-state index contributed by atoms with van der Waals surface area (Å²) in [7, 11) is 3.49. The van der Waals surface area contributed by atoms with E-state index in [0.29, 0.717) is 12.2 Å². The van der Waals surface area contributed by atoms with Gasteiger partial charge >= 0.3 is 5.69 Å². The summed E-state index contributed by atoms with van der Waals surface area (Å²) in [6.45, 7) is 2.66. The Labute approximate surface area is 134 Å². The Morgan fingerprint density at radius 3 is 2.77 bits per heavy atom. The van der Waals surface area contributed by atoms with Gasteiger partial charge in [0, 0.05) is 32.4 Å². The molecular formula is C14H19FN4O2S. The molecule has 0 heterocycles. The van der Waals surface area contributed by atoms with Crippen molar-refractivity contribution in [2.45, 2.75) is 19.8 Å². The van der Waals surface area contributed by atoms with Gasteiger partial charge in [0.15, 0.2) is 0 Å². The maximum atomic E-state index is 14.4. The van der Waals surface area contributed by atoms with Crippen LogP contribution in [0.5, 0.6) is 0 Å². The third-order valence-corrected chi connectivity index (χ3v) is 3.09. The van der Waals surface area contributed by atoms with Gasteiger partial charge in [-0.15, -0.1) is 0 Å². The normalized spacial score (nSPS) is 10.7. The van der Waals surface area contributed by atoms with Crippen molar-refractivity contribution in [1.29, 1.82) is 0 Å². The van der Waals surface area contributed by atoms with Gasteiger partial charge < -0.3 is 10.2 Å². The Morgan fingerprint density at radius 2 is 2.23 bits per heavy atom. The average molecular weight is 326 g/mol. The number of hydrogen-bond donors (Lipinski definition) is 1. The minimum Gasteiger partial charge on any atom is -0.384 e. The Balaban J connectivity index is 3.24. The summed E-state index contributed by atoms with van der Waals surface area (Å²) in [5.41, 5.74) is -0.241. The van der Waals surface area contributed by atoms with E-state index in [1.807, 2.05) is 6.92 Å². The molecule has 22 heavy (non-hydrogen) atoms. The number of nitro groups is 1. The minimum absolute atomic E-state index is 0.0334. The molecule has 0 radical (unpaired) electrons. The molecule has 0 bridgehead atoms. The Kier molecular flexibility index (Phi) is 6.84. The highest BCUT2D eigenvalue weighted by Crippen LogP contribution is 2.28. The van der Waals surface area contributed by atoms with E-state index in [-0.39, 0.29) is 10.6 Å². The maximum Gasteiger partial charge on any atom is 0.305 e. The van der Waals surface area contributed by atoms with E-state index >= 15 is 0 Å². The van der Waals surface area contributed by atoms with Crippen LogP contribution >= 0.6 is 12.2 Å². The van der Waals surface area contributed by atoms with Gasteiger partial charge in [-0.2, -0.15) is 4.39 Å². The molecule has 120 valence electrons. The fraction of sp³-hybridized carbons (Fsp3) is 0.429. The third-order valence-electron chi connectivity index (χ3n) is 2.78. The minimum atomic E-state index is -0.965. The second-order valence-corrected chi connectivity index (χ2v) is 5.26. The number of halogens is 1. The van der Waals surface area contributed by atoms with Gasteiger partial charge in [0.05, 0.1) is 16.8 Å². The quantitative estimate of drug-likeness (QED) is 0.208. The van der Waals surface area contributed by atoms with Gasteiger partial charge in [-0.3, -0.25) is 10.1 Å². The SMILES string of the molecule is CCCCNc1ccc([N+](=O)[O-])c(F)c1C(=S)N=CN(C)C. The zero-order valence-corrected chi connectivity index (χ0v) is 13.6. The molecule has 0 aliphatic rings. The van der Waals surface area contributed by atoms with Crippen LogP contribution in [0.1, 0.15) is 25.3 Å². The van der Waals surface area contributed by atoms with Crippen molar-refractivity contribution in [3.05, 3.63) is 33.6 Å². The number of nitro benzene ring substituents is 1. The van der Waals surface area contributed by atoms with Crippen molar-refractivity contribution in [1.82, 2.24) is 4.90 Å². The fourth-order valence-corrected chi connectivity index (χ4v) is 1.94. The molecule has 0 saturated carbocycles. The van der Waals surface area contributed by atoms with Crippen LogP contribution < -0.4 is 5.32 Å². The van der Waals surface area contributed by atoms with Gasteiger partial charge in [-0.1, -0.05) is 25.6 Å². The van der Waals surface area contributed by atoms with Crippen LogP contribution in [0.4, 0.5) is 15.8 Å². The highest BCUT2D eigenvalue weighted by atomic mass is 32.1. The van der Waals surface area contributed by atoms with Gasteiger partial charge in [-0.05, 0) is 12.5 Å². The zero-order chi connectivity index (χ0) is 16.7. The number of rotatable bonds is 7. The van der Waals surface area contributed by atoms with Gasteiger partial charge in [0.25, 0.3) is 0 Å². The molecule has 6 nitrogen and oxygen atoms in total. The van der Waals surface area contributed by atoms with E-state index < -0.39 is 16.4 Å². The molecule has 0 atom stereocenters. The summed E-state index contributed by atoms with van der Waals surface area (Å²) >= 11 is 5.11. The van der Waals surface area contributed by atoms with E-state index in [4.69, 9.17) is 12.2 Å². The summed E-state index contributed by atoms with van der Waals surface area (Å²) in [6.07, 6.45) is 3.29. The van der Waals surface area contributed by atoms with E-state index in [1.165, 1.54) is 12.4 Å². The van der Waals surface area contributed by atoms with E-state index in [9.17, 15) is 14.5 Å². The van der Waals surface area contributed by atoms with Crippen LogP contribution in [0.3, 0.4) is 0 Å². The summed E-state index contributed by atoms with van der Waals surface area (Å²) in [4.78, 5) is 15.7. The van der Waals surface area contributed by atoms with Crippen molar-refractivity contribution in [2.75, 3.05) is 26.0 Å². The van der Waals surface area contributed by atoms with E-state index in [0.717, 1.165) is 18.9 Å². The number of nitrogens with zero attached hydrogens (tertiary/aromatic N) is 3. The molecule has 0 amide bonds. The molecule has 0 aliphatic heterocycles. The first-order valence-corrected chi connectivity index (χ1v) is 7.25. The van der Waals surface area contributed by atoms with Crippen molar-refractivity contribution in [3.8, 4) is 0 Å². The van der Waals surface area contributed by atoms with Crippen LogP contribution in [0.2, 0.25) is 0 Å². The largest absolute Gasteiger partial charge is 0.384 e. The van der Waals surface area contributed by atoms with E-state index in [2.05, 4.69) is 10.3 Å². The second kappa shape index (κ2) is 8.38. The van der Waals surface area contributed by atoms with Gasteiger partial charge in [-0.25, -0.2) is 4.99 Å². The molecule has 1 aromatic rings. The van der Waals surface area contributed by atoms with E-state index in [1.54, 1.807) is 19.0 Å². The standard InChI is InChI=1S/C14H19FN4O2S/c1-4-5-8-16-10-6-7-11(19(20)21)13(15)12(10)14(22)17-9-18(2)3/h6-7,9,16H,4-5,8H2,1-3H3. The predicted octanol–water partition coefficient (Wildman–Crippen LogP) is 3.21. The average Bonchev–Trinajstić information content (AvgIpc) is 2.44. The molecule has 0 spiro atoms. The Morgan fingerprint density at radius 1 is 1.55 bits per heavy atom. The van der Waals surface area contributed by atoms with Crippen LogP contribution in [0.15, 0.2) is 17.1 Å². The highest BCUT2D eigenvalue weighted by Gasteiger charge is 2.23. The number of benzene rings is 1. The molecule has 0 fully saturated rings. The number of aliphatic imine (C=N–C) groups is 1.